The van der Waals surface area contributed by atoms with Crippen LogP contribution in [-0.4, -0.2) is 40.8 Å². The molecule has 3 N–H and O–H groups in total. The lowest BCUT2D eigenvalue weighted by Crippen LogP contribution is -2.55. The molecule has 6 nitrogen and oxygen atoms in total. The standard InChI is InChI=1S/C14H18N4O2/c15-11-7-16-5-3-10(11)14(20)18-6-4-12-9(8-18)1-2-13(19)17-12/h3,5,7,9,12H,1-2,4,6,8,15H2,(H,17,19). The van der Waals surface area contributed by atoms with Gasteiger partial charge in [0.1, 0.15) is 0 Å². The van der Waals surface area contributed by atoms with Gasteiger partial charge in [-0.3, -0.25) is 14.6 Å². The van der Waals surface area contributed by atoms with E-state index in [1.165, 1.54) is 6.20 Å². The third-order valence-corrected chi connectivity index (χ3v) is 4.19. The number of hydrogen-bond acceptors (Lipinski definition) is 4. The van der Waals surface area contributed by atoms with Crippen molar-refractivity contribution in [2.24, 2.45) is 5.92 Å². The molecule has 2 amide bonds. The van der Waals surface area contributed by atoms with Crippen LogP contribution in [0.3, 0.4) is 0 Å². The van der Waals surface area contributed by atoms with Gasteiger partial charge in [-0.15, -0.1) is 0 Å². The molecule has 0 bridgehead atoms. The van der Waals surface area contributed by atoms with E-state index in [-0.39, 0.29) is 17.9 Å². The first-order chi connectivity index (χ1) is 9.65. The number of aromatic nitrogens is 1. The van der Waals surface area contributed by atoms with Gasteiger partial charge in [-0.25, -0.2) is 0 Å². The first-order valence-electron chi connectivity index (χ1n) is 6.93. The molecule has 1 aromatic heterocycles. The molecular formula is C14H18N4O2. The second kappa shape index (κ2) is 5.11. The van der Waals surface area contributed by atoms with E-state index in [4.69, 9.17) is 5.73 Å². The minimum atomic E-state index is -0.0414. The van der Waals surface area contributed by atoms with E-state index in [2.05, 4.69) is 10.3 Å². The molecule has 20 heavy (non-hydrogen) atoms. The summed E-state index contributed by atoms with van der Waals surface area (Å²) in [4.78, 5) is 29.6. The normalized spacial score (nSPS) is 25.8. The van der Waals surface area contributed by atoms with Gasteiger partial charge in [-0.05, 0) is 24.8 Å². The van der Waals surface area contributed by atoms with Gasteiger partial charge in [-0.1, -0.05) is 0 Å². The molecule has 6 heteroatoms. The van der Waals surface area contributed by atoms with Gasteiger partial charge in [0.15, 0.2) is 0 Å². The number of likely N-dealkylation sites (tertiary alicyclic amines) is 1. The third kappa shape index (κ3) is 2.33. The fourth-order valence-corrected chi connectivity index (χ4v) is 3.07. The van der Waals surface area contributed by atoms with Gasteiger partial charge in [0.05, 0.1) is 17.4 Å². The molecule has 0 spiro atoms. The predicted molar refractivity (Wildman–Crippen MR) is 73.8 cm³/mol. The topological polar surface area (TPSA) is 88.3 Å². The van der Waals surface area contributed by atoms with Crippen molar-refractivity contribution in [2.75, 3.05) is 18.8 Å². The lowest BCUT2D eigenvalue weighted by atomic mass is 9.85. The Balaban J connectivity index is 1.72. The number of carbonyl (C=O) groups is 2. The molecule has 2 unspecified atom stereocenters. The van der Waals surface area contributed by atoms with Crippen molar-refractivity contribution in [3.63, 3.8) is 0 Å². The van der Waals surface area contributed by atoms with E-state index in [1.54, 1.807) is 12.3 Å². The van der Waals surface area contributed by atoms with Gasteiger partial charge in [0.2, 0.25) is 5.91 Å². The van der Waals surface area contributed by atoms with Gasteiger partial charge < -0.3 is 16.0 Å². The quantitative estimate of drug-likeness (QED) is 0.776. The van der Waals surface area contributed by atoms with Crippen LogP contribution >= 0.6 is 0 Å². The first-order valence-corrected chi connectivity index (χ1v) is 6.93. The summed E-state index contributed by atoms with van der Waals surface area (Å²) in [5.74, 6) is 0.443. The van der Waals surface area contributed by atoms with E-state index < -0.39 is 0 Å². The number of nitrogens with zero attached hydrogens (tertiary/aromatic N) is 2. The minimum absolute atomic E-state index is 0.0414. The highest BCUT2D eigenvalue weighted by Gasteiger charge is 2.35. The van der Waals surface area contributed by atoms with Crippen LogP contribution in [0.2, 0.25) is 0 Å². The van der Waals surface area contributed by atoms with Crippen molar-refractivity contribution in [1.29, 1.82) is 0 Å². The van der Waals surface area contributed by atoms with E-state index >= 15 is 0 Å². The molecule has 3 heterocycles. The monoisotopic (exact) mass is 274 g/mol. The second-order valence-corrected chi connectivity index (χ2v) is 5.48. The zero-order valence-corrected chi connectivity index (χ0v) is 11.2. The number of fused-ring (bicyclic) bond motifs is 1. The number of amides is 2. The average molecular weight is 274 g/mol. The van der Waals surface area contributed by atoms with Crippen LogP contribution in [0.25, 0.3) is 0 Å². The lowest BCUT2D eigenvalue weighted by molar-refractivity contribution is -0.125. The maximum Gasteiger partial charge on any atom is 0.256 e. The second-order valence-electron chi connectivity index (χ2n) is 5.48. The molecule has 0 aromatic carbocycles. The first kappa shape index (κ1) is 12.9. The summed E-state index contributed by atoms with van der Waals surface area (Å²) in [5.41, 5.74) is 6.74. The molecule has 106 valence electrons. The Morgan fingerprint density at radius 2 is 2.30 bits per heavy atom. The number of nitrogens with two attached hydrogens (primary N) is 1. The summed E-state index contributed by atoms with van der Waals surface area (Å²) in [5, 5.41) is 3.02. The number of pyridine rings is 1. The van der Waals surface area contributed by atoms with Crippen LogP contribution in [0, 0.1) is 5.92 Å². The van der Waals surface area contributed by atoms with E-state index in [1.807, 2.05) is 4.90 Å². The van der Waals surface area contributed by atoms with Crippen molar-refractivity contribution < 1.29 is 9.59 Å². The van der Waals surface area contributed by atoms with Crippen molar-refractivity contribution >= 4 is 17.5 Å². The fraction of sp³-hybridized carbons (Fsp3) is 0.500. The highest BCUT2D eigenvalue weighted by atomic mass is 16.2. The Kier molecular flexibility index (Phi) is 3.30. The Labute approximate surface area is 117 Å². The number of piperidine rings is 2. The van der Waals surface area contributed by atoms with E-state index in [9.17, 15) is 9.59 Å². The maximum absolute atomic E-state index is 12.5. The zero-order chi connectivity index (χ0) is 14.1. The van der Waals surface area contributed by atoms with Crippen molar-refractivity contribution in [2.45, 2.75) is 25.3 Å². The van der Waals surface area contributed by atoms with Gasteiger partial charge in [0, 0.05) is 31.7 Å². The van der Waals surface area contributed by atoms with E-state index in [0.717, 1.165) is 12.8 Å². The molecule has 3 rings (SSSR count). The average Bonchev–Trinajstić information content (AvgIpc) is 2.46. The van der Waals surface area contributed by atoms with Crippen LogP contribution in [0.5, 0.6) is 0 Å². The van der Waals surface area contributed by atoms with Crippen LogP contribution in [0.15, 0.2) is 18.5 Å². The lowest BCUT2D eigenvalue weighted by Gasteiger charge is -2.41. The SMILES string of the molecule is Nc1cnccc1C(=O)N1CCC2NC(=O)CCC2C1. The Hall–Kier alpha value is -2.11. The molecular weight excluding hydrogens is 256 g/mol. The Morgan fingerprint density at radius 3 is 3.10 bits per heavy atom. The largest absolute Gasteiger partial charge is 0.397 e. The molecule has 2 saturated heterocycles. The number of nitrogens with one attached hydrogen (secondary N) is 1. The van der Waals surface area contributed by atoms with Gasteiger partial charge >= 0.3 is 0 Å². The van der Waals surface area contributed by atoms with Crippen molar-refractivity contribution in [1.82, 2.24) is 15.2 Å². The predicted octanol–water partition coefficient (Wildman–Crippen LogP) is 0.404. The smallest absolute Gasteiger partial charge is 0.256 e. The Morgan fingerprint density at radius 1 is 1.45 bits per heavy atom. The summed E-state index contributed by atoms with van der Waals surface area (Å²) in [6.45, 7) is 1.34. The van der Waals surface area contributed by atoms with Gasteiger partial charge in [0.25, 0.3) is 5.91 Å². The maximum atomic E-state index is 12.5. The summed E-state index contributed by atoms with van der Waals surface area (Å²) in [6.07, 6.45) is 5.30. The van der Waals surface area contributed by atoms with Crippen LogP contribution in [-0.2, 0) is 4.79 Å². The van der Waals surface area contributed by atoms with Crippen molar-refractivity contribution in [3.8, 4) is 0 Å². The summed E-state index contributed by atoms with van der Waals surface area (Å²) in [6, 6.07) is 1.88. The number of carbonyl (C=O) groups excluding carboxylic acids is 2. The van der Waals surface area contributed by atoms with Crippen molar-refractivity contribution in [3.05, 3.63) is 24.0 Å². The van der Waals surface area contributed by atoms with Crippen LogP contribution in [0.1, 0.15) is 29.6 Å². The summed E-state index contributed by atoms with van der Waals surface area (Å²) >= 11 is 0. The summed E-state index contributed by atoms with van der Waals surface area (Å²) in [7, 11) is 0. The number of hydrogen-bond donors (Lipinski definition) is 2. The van der Waals surface area contributed by atoms with E-state index in [0.29, 0.717) is 36.7 Å². The molecule has 0 aliphatic carbocycles. The van der Waals surface area contributed by atoms with Crippen LogP contribution < -0.4 is 11.1 Å². The molecule has 2 aliphatic rings. The number of rotatable bonds is 1. The highest BCUT2D eigenvalue weighted by Crippen LogP contribution is 2.26. The molecule has 0 radical (unpaired) electrons. The highest BCUT2D eigenvalue weighted by molar-refractivity contribution is 5.98. The molecule has 0 saturated carbocycles. The van der Waals surface area contributed by atoms with Crippen LogP contribution in [0.4, 0.5) is 5.69 Å². The molecule has 2 atom stereocenters. The Bertz CT molecular complexity index is 546. The minimum Gasteiger partial charge on any atom is -0.397 e. The number of nitrogen functional groups attached to an aromatic ring is 1. The third-order valence-electron chi connectivity index (χ3n) is 4.19. The molecule has 1 aromatic rings. The number of anilines is 1. The van der Waals surface area contributed by atoms with Gasteiger partial charge in [-0.2, -0.15) is 0 Å². The zero-order valence-electron chi connectivity index (χ0n) is 11.2. The molecule has 2 fully saturated rings. The molecule has 2 aliphatic heterocycles. The fourth-order valence-electron chi connectivity index (χ4n) is 3.07. The summed E-state index contributed by atoms with van der Waals surface area (Å²) < 4.78 is 0.